The summed E-state index contributed by atoms with van der Waals surface area (Å²) in [4.78, 5) is 4.79. The first-order valence-electron chi connectivity index (χ1n) is 7.62. The summed E-state index contributed by atoms with van der Waals surface area (Å²) in [5.41, 5.74) is 0.791. The van der Waals surface area contributed by atoms with E-state index in [9.17, 15) is 10.4 Å². The van der Waals surface area contributed by atoms with Crippen molar-refractivity contribution < 1.29 is 9.95 Å². The Balaban J connectivity index is 2.10. The highest BCUT2D eigenvalue weighted by Crippen LogP contribution is 2.42. The molecule has 0 radical (unpaired) electrons. The second-order valence-electron chi connectivity index (χ2n) is 7.83. The van der Waals surface area contributed by atoms with Crippen LogP contribution in [0.1, 0.15) is 59.8 Å². The van der Waals surface area contributed by atoms with Gasteiger partial charge in [0.15, 0.2) is 5.71 Å². The number of oxime groups is 1. The van der Waals surface area contributed by atoms with Gasteiger partial charge < -0.3 is 15.7 Å². The minimum absolute atomic E-state index is 0.168. The van der Waals surface area contributed by atoms with E-state index in [1.807, 2.05) is 0 Å². The van der Waals surface area contributed by atoms with Crippen molar-refractivity contribution in [1.82, 2.24) is 5.32 Å². The fraction of sp³-hybridized carbons (Fsp3) is 0.800. The van der Waals surface area contributed by atoms with E-state index in [1.54, 1.807) is 0 Å². The zero-order valence-corrected chi connectivity index (χ0v) is 13.2. The Morgan fingerprint density at radius 1 is 1.19 bits per heavy atom. The van der Waals surface area contributed by atoms with Gasteiger partial charge in [-0.1, -0.05) is 5.16 Å². The Bertz CT molecular complexity index is 556. The number of nitrogens with one attached hydrogen (secondary N) is 1. The van der Waals surface area contributed by atoms with Gasteiger partial charge in [-0.3, -0.25) is 0 Å². The predicted octanol–water partition coefficient (Wildman–Crippen LogP) is 2.04. The summed E-state index contributed by atoms with van der Waals surface area (Å²) in [6, 6.07) is 0. The highest BCUT2D eigenvalue weighted by Gasteiger charge is 2.57. The highest BCUT2D eigenvalue weighted by atomic mass is 16.5. The van der Waals surface area contributed by atoms with Gasteiger partial charge in [0, 0.05) is 17.5 Å². The average Bonchev–Trinajstić information content (AvgIpc) is 2.58. The first-order valence-corrected chi connectivity index (χ1v) is 7.62. The standard InChI is InChI=1S/C15H24N4O2/c1-13(2)8-15(9-14(3,4)18-13)16-12-10(17-20)6-5-7-11(12)19(15)21/h18,20H,5-9H2,1-4H3/b17-10-. The normalized spacial score (nSPS) is 31.4. The third-order valence-corrected chi connectivity index (χ3v) is 4.56. The lowest BCUT2D eigenvalue weighted by Crippen LogP contribution is -2.64. The van der Waals surface area contributed by atoms with E-state index < -0.39 is 5.66 Å². The molecule has 0 bridgehead atoms. The fourth-order valence-electron chi connectivity index (χ4n) is 4.46. The van der Waals surface area contributed by atoms with Crippen molar-refractivity contribution in [2.45, 2.75) is 76.5 Å². The minimum Gasteiger partial charge on any atom is -0.622 e. The Kier molecular flexibility index (Phi) is 2.96. The van der Waals surface area contributed by atoms with E-state index in [2.05, 4.69) is 38.2 Å². The number of hydroxylamine groups is 1. The summed E-state index contributed by atoms with van der Waals surface area (Å²) >= 11 is 0. The molecule has 2 aliphatic heterocycles. The maximum atomic E-state index is 13.0. The second kappa shape index (κ2) is 4.29. The molecule has 2 heterocycles. The van der Waals surface area contributed by atoms with Gasteiger partial charge in [-0.2, -0.15) is 4.74 Å². The first-order chi connectivity index (χ1) is 9.68. The van der Waals surface area contributed by atoms with E-state index in [0.29, 0.717) is 36.4 Å². The molecule has 0 atom stereocenters. The van der Waals surface area contributed by atoms with E-state index in [0.717, 1.165) is 17.6 Å². The summed E-state index contributed by atoms with van der Waals surface area (Å²) in [7, 11) is 0. The van der Waals surface area contributed by atoms with Crippen LogP contribution in [0.25, 0.3) is 0 Å². The molecule has 0 amide bonds. The fourth-order valence-corrected chi connectivity index (χ4v) is 4.46. The summed E-state index contributed by atoms with van der Waals surface area (Å²) in [5, 5.41) is 29.1. The lowest BCUT2D eigenvalue weighted by atomic mass is 9.76. The van der Waals surface area contributed by atoms with Crippen LogP contribution < -0.4 is 5.32 Å². The Labute approximate surface area is 125 Å². The van der Waals surface area contributed by atoms with Crippen molar-refractivity contribution in [2.75, 3.05) is 0 Å². The highest BCUT2D eigenvalue weighted by molar-refractivity contribution is 6.68. The maximum Gasteiger partial charge on any atom is 0.269 e. The summed E-state index contributed by atoms with van der Waals surface area (Å²) in [6.07, 6.45) is 3.55. The molecule has 2 N–H and O–H groups in total. The molecule has 1 saturated heterocycles. The number of fused-ring (bicyclic) bond motifs is 1. The molecule has 2 fully saturated rings. The molecule has 0 aromatic carbocycles. The average molecular weight is 292 g/mol. The van der Waals surface area contributed by atoms with Gasteiger partial charge in [0.25, 0.3) is 5.66 Å². The number of nitrogens with zero attached hydrogens (tertiary/aromatic N) is 3. The van der Waals surface area contributed by atoms with Crippen molar-refractivity contribution in [3.63, 3.8) is 0 Å². The zero-order chi connectivity index (χ0) is 15.5. The summed E-state index contributed by atoms with van der Waals surface area (Å²) < 4.78 is 1.11. The van der Waals surface area contributed by atoms with Gasteiger partial charge in [0.2, 0.25) is 5.71 Å². The van der Waals surface area contributed by atoms with Crippen LogP contribution in [0, 0.1) is 5.21 Å². The molecular weight excluding hydrogens is 268 g/mol. The monoisotopic (exact) mass is 292 g/mol. The number of piperidine rings is 1. The molecule has 1 saturated carbocycles. The maximum absolute atomic E-state index is 13.0. The van der Waals surface area contributed by atoms with Gasteiger partial charge in [-0.25, -0.2) is 4.99 Å². The Morgan fingerprint density at radius 2 is 1.81 bits per heavy atom. The topological polar surface area (TPSA) is 83.0 Å². The molecule has 116 valence electrons. The van der Waals surface area contributed by atoms with Crippen molar-refractivity contribution in [3.8, 4) is 0 Å². The van der Waals surface area contributed by atoms with Gasteiger partial charge in [0.05, 0.1) is 12.8 Å². The van der Waals surface area contributed by atoms with Crippen LogP contribution in [0.15, 0.2) is 10.1 Å². The van der Waals surface area contributed by atoms with Crippen LogP contribution >= 0.6 is 0 Å². The third kappa shape index (κ3) is 2.25. The minimum atomic E-state index is -0.761. The molecule has 1 spiro atoms. The molecule has 0 unspecified atom stereocenters. The van der Waals surface area contributed by atoms with Crippen LogP contribution in [0.3, 0.4) is 0 Å². The van der Waals surface area contributed by atoms with Crippen LogP contribution in [-0.2, 0) is 0 Å². The van der Waals surface area contributed by atoms with Crippen LogP contribution in [0.4, 0.5) is 0 Å². The molecule has 3 aliphatic rings. The Hall–Kier alpha value is -1.43. The summed E-state index contributed by atoms with van der Waals surface area (Å²) in [5.74, 6) is 0. The molecule has 0 aromatic heterocycles. The van der Waals surface area contributed by atoms with Crippen molar-refractivity contribution in [1.29, 1.82) is 0 Å². The van der Waals surface area contributed by atoms with Gasteiger partial charge >= 0.3 is 0 Å². The van der Waals surface area contributed by atoms with E-state index in [4.69, 9.17) is 4.99 Å². The SMILES string of the molecule is CC1(C)CC2(CC(C)(C)N1)N=C1C(=[N+]2[O-])CCC/C1=N/O. The van der Waals surface area contributed by atoms with Crippen molar-refractivity contribution >= 4 is 17.1 Å². The van der Waals surface area contributed by atoms with Gasteiger partial charge in [-0.05, 0) is 40.5 Å². The lowest BCUT2D eigenvalue weighted by molar-refractivity contribution is -0.553. The lowest BCUT2D eigenvalue weighted by Gasteiger charge is -2.48. The van der Waals surface area contributed by atoms with Crippen molar-refractivity contribution in [3.05, 3.63) is 5.21 Å². The molecule has 21 heavy (non-hydrogen) atoms. The Morgan fingerprint density at radius 3 is 2.38 bits per heavy atom. The van der Waals surface area contributed by atoms with Crippen LogP contribution in [-0.4, -0.2) is 43.8 Å². The molecule has 1 aliphatic carbocycles. The first kappa shape index (κ1) is 14.5. The number of aliphatic imine (C=N–C) groups is 1. The smallest absolute Gasteiger partial charge is 0.269 e. The molecule has 0 aromatic rings. The quantitative estimate of drug-likeness (QED) is 0.310. The van der Waals surface area contributed by atoms with Gasteiger partial charge in [-0.15, -0.1) is 0 Å². The molecule has 6 heteroatoms. The van der Waals surface area contributed by atoms with E-state index >= 15 is 0 Å². The zero-order valence-electron chi connectivity index (χ0n) is 13.2. The van der Waals surface area contributed by atoms with Crippen LogP contribution in [0.2, 0.25) is 0 Å². The molecule has 6 nitrogen and oxygen atoms in total. The van der Waals surface area contributed by atoms with Crippen LogP contribution in [0.5, 0.6) is 0 Å². The van der Waals surface area contributed by atoms with Gasteiger partial charge in [0.1, 0.15) is 5.71 Å². The van der Waals surface area contributed by atoms with E-state index in [1.165, 1.54) is 0 Å². The largest absolute Gasteiger partial charge is 0.622 e. The second-order valence-corrected chi connectivity index (χ2v) is 7.83. The number of hydrogen-bond donors (Lipinski definition) is 2. The predicted molar refractivity (Wildman–Crippen MR) is 82.4 cm³/mol. The molecular formula is C15H24N4O2. The number of hydrogen-bond acceptors (Lipinski definition) is 5. The van der Waals surface area contributed by atoms with E-state index in [-0.39, 0.29) is 11.1 Å². The third-order valence-electron chi connectivity index (χ3n) is 4.56. The number of rotatable bonds is 0. The summed E-state index contributed by atoms with van der Waals surface area (Å²) in [6.45, 7) is 8.43. The van der Waals surface area contributed by atoms with Crippen molar-refractivity contribution in [2.24, 2.45) is 10.1 Å². The molecule has 3 rings (SSSR count).